The number of carbonyl (C=O) groups excluding carboxylic acids is 1. The van der Waals surface area contributed by atoms with Crippen LogP contribution in [-0.2, 0) is 4.79 Å². The van der Waals surface area contributed by atoms with E-state index < -0.39 is 4.92 Å². The number of rotatable bonds is 8. The molecule has 0 heterocycles. The molecule has 0 N–H and O–H groups in total. The van der Waals surface area contributed by atoms with Gasteiger partial charge < -0.3 is 0 Å². The van der Waals surface area contributed by atoms with Gasteiger partial charge >= 0.3 is 0 Å². The maximum absolute atomic E-state index is 11.6. The van der Waals surface area contributed by atoms with Crippen molar-refractivity contribution in [1.82, 2.24) is 0 Å². The van der Waals surface area contributed by atoms with Crippen molar-refractivity contribution in [1.29, 1.82) is 0 Å². The van der Waals surface area contributed by atoms with Gasteiger partial charge in [0, 0.05) is 18.6 Å². The van der Waals surface area contributed by atoms with Crippen molar-refractivity contribution in [2.75, 3.05) is 0 Å². The highest BCUT2D eigenvalue weighted by molar-refractivity contribution is 5.93. The molecule has 1 aromatic rings. The van der Waals surface area contributed by atoms with Crippen LogP contribution in [-0.4, -0.2) is 10.7 Å². The van der Waals surface area contributed by atoms with Gasteiger partial charge in [-0.15, -0.1) is 0 Å². The number of non-ortho nitro benzene ring substituents is 1. The molecule has 4 nitrogen and oxygen atoms in total. The van der Waals surface area contributed by atoms with Gasteiger partial charge in [0.1, 0.15) is 0 Å². The van der Waals surface area contributed by atoms with E-state index in [1.807, 2.05) is 0 Å². The highest BCUT2D eigenvalue weighted by atomic mass is 16.6. The minimum atomic E-state index is -0.438. The molecule has 19 heavy (non-hydrogen) atoms. The van der Waals surface area contributed by atoms with Crippen molar-refractivity contribution >= 4 is 17.5 Å². The van der Waals surface area contributed by atoms with Crippen molar-refractivity contribution < 1.29 is 9.72 Å². The molecule has 0 saturated heterocycles. The number of hydrogen-bond donors (Lipinski definition) is 0. The number of nitro benzene ring substituents is 1. The number of nitro groups is 1. The van der Waals surface area contributed by atoms with E-state index in [1.165, 1.54) is 18.6 Å². The quantitative estimate of drug-likeness (QED) is 0.306. The van der Waals surface area contributed by atoms with Crippen LogP contribution in [0.3, 0.4) is 0 Å². The van der Waals surface area contributed by atoms with Crippen LogP contribution in [0.15, 0.2) is 30.3 Å². The Balaban J connectivity index is 2.43. The molecule has 102 valence electrons. The zero-order chi connectivity index (χ0) is 14.1. The maximum atomic E-state index is 11.6. The summed E-state index contributed by atoms with van der Waals surface area (Å²) in [6.45, 7) is 2.14. The van der Waals surface area contributed by atoms with Crippen LogP contribution < -0.4 is 0 Å². The van der Waals surface area contributed by atoms with Crippen LogP contribution in [0.4, 0.5) is 5.69 Å². The first kappa shape index (κ1) is 15.1. The predicted molar refractivity (Wildman–Crippen MR) is 75.9 cm³/mol. The van der Waals surface area contributed by atoms with E-state index in [0.717, 1.165) is 24.8 Å². The predicted octanol–water partition coefficient (Wildman–Crippen LogP) is 4.15. The van der Waals surface area contributed by atoms with E-state index >= 15 is 0 Å². The van der Waals surface area contributed by atoms with Gasteiger partial charge in [-0.1, -0.05) is 32.3 Å². The molecule has 0 bridgehead atoms. The summed E-state index contributed by atoms with van der Waals surface area (Å²) in [6, 6.07) is 6.15. The Labute approximate surface area is 113 Å². The first-order valence-corrected chi connectivity index (χ1v) is 6.59. The topological polar surface area (TPSA) is 60.2 Å². The van der Waals surface area contributed by atoms with Crippen LogP contribution in [0.1, 0.15) is 44.6 Å². The summed E-state index contributed by atoms with van der Waals surface area (Å²) >= 11 is 0. The summed E-state index contributed by atoms with van der Waals surface area (Å²) in [4.78, 5) is 21.6. The molecule has 1 aromatic carbocycles. The molecule has 0 aliphatic rings. The van der Waals surface area contributed by atoms with Crippen LogP contribution in [0.2, 0.25) is 0 Å². The lowest BCUT2D eigenvalue weighted by Gasteiger charge is -1.96. The van der Waals surface area contributed by atoms with Crippen LogP contribution >= 0.6 is 0 Å². The number of unbranched alkanes of at least 4 members (excludes halogenated alkanes) is 3. The monoisotopic (exact) mass is 261 g/mol. The lowest BCUT2D eigenvalue weighted by atomic mass is 10.1. The van der Waals surface area contributed by atoms with E-state index in [0.29, 0.717) is 6.42 Å². The Bertz CT molecular complexity index is 449. The molecule has 0 aliphatic carbocycles. The third-order valence-corrected chi connectivity index (χ3v) is 2.84. The standard InChI is InChI=1S/C15H19NO3/c1-2-3-4-5-6-15(17)12-9-13-7-10-14(11-8-13)16(18)19/h7-12H,2-6H2,1H3/b12-9-. The SMILES string of the molecule is CCCCCCC(=O)/C=C\c1ccc([N+](=O)[O-])cc1. The Hall–Kier alpha value is -1.97. The molecule has 1 rings (SSSR count). The van der Waals surface area contributed by atoms with Crippen LogP contribution in [0, 0.1) is 10.1 Å². The Morgan fingerprint density at radius 1 is 1.21 bits per heavy atom. The van der Waals surface area contributed by atoms with Crippen LogP contribution in [0.25, 0.3) is 6.08 Å². The highest BCUT2D eigenvalue weighted by Crippen LogP contribution is 2.13. The molecule has 0 aromatic heterocycles. The normalized spacial score (nSPS) is 10.8. The minimum Gasteiger partial charge on any atom is -0.295 e. The van der Waals surface area contributed by atoms with Crippen molar-refractivity contribution in [2.24, 2.45) is 0 Å². The van der Waals surface area contributed by atoms with Crippen molar-refractivity contribution in [2.45, 2.75) is 39.0 Å². The van der Waals surface area contributed by atoms with E-state index in [-0.39, 0.29) is 11.5 Å². The van der Waals surface area contributed by atoms with Gasteiger partial charge in [0.25, 0.3) is 5.69 Å². The molecule has 0 amide bonds. The molecule has 0 atom stereocenters. The van der Waals surface area contributed by atoms with Gasteiger partial charge in [-0.25, -0.2) is 0 Å². The van der Waals surface area contributed by atoms with Gasteiger partial charge in [-0.3, -0.25) is 14.9 Å². The highest BCUT2D eigenvalue weighted by Gasteiger charge is 2.02. The van der Waals surface area contributed by atoms with Crippen molar-refractivity contribution in [3.8, 4) is 0 Å². The van der Waals surface area contributed by atoms with Gasteiger partial charge in [0.2, 0.25) is 0 Å². The summed E-state index contributed by atoms with van der Waals surface area (Å²) < 4.78 is 0. The van der Waals surface area contributed by atoms with Crippen LogP contribution in [0.5, 0.6) is 0 Å². The number of nitrogens with zero attached hydrogens (tertiary/aromatic N) is 1. The molecule has 0 saturated carbocycles. The molecule has 0 radical (unpaired) electrons. The summed E-state index contributed by atoms with van der Waals surface area (Å²) in [7, 11) is 0. The average Bonchev–Trinajstić information content (AvgIpc) is 2.42. The van der Waals surface area contributed by atoms with Crippen molar-refractivity contribution in [3.63, 3.8) is 0 Å². The number of allylic oxidation sites excluding steroid dienone is 1. The Morgan fingerprint density at radius 3 is 2.47 bits per heavy atom. The van der Waals surface area contributed by atoms with Gasteiger partial charge in [0.15, 0.2) is 5.78 Å². The second kappa shape index (κ2) is 8.19. The molecule has 0 aliphatic heterocycles. The number of benzene rings is 1. The Kier molecular flexibility index (Phi) is 6.50. The zero-order valence-corrected chi connectivity index (χ0v) is 11.2. The molecular weight excluding hydrogens is 242 g/mol. The van der Waals surface area contributed by atoms with Crippen molar-refractivity contribution in [3.05, 3.63) is 46.0 Å². The summed E-state index contributed by atoms with van der Waals surface area (Å²) in [5.41, 5.74) is 0.857. The third kappa shape index (κ3) is 5.95. The molecular formula is C15H19NO3. The maximum Gasteiger partial charge on any atom is 0.269 e. The van der Waals surface area contributed by atoms with E-state index in [2.05, 4.69) is 6.92 Å². The second-order valence-electron chi connectivity index (χ2n) is 4.46. The summed E-state index contributed by atoms with van der Waals surface area (Å²) in [5.74, 6) is 0.106. The van der Waals surface area contributed by atoms with E-state index in [4.69, 9.17) is 0 Å². The number of carbonyl (C=O) groups is 1. The van der Waals surface area contributed by atoms with Gasteiger partial charge in [-0.2, -0.15) is 0 Å². The molecule has 4 heteroatoms. The van der Waals surface area contributed by atoms with Gasteiger partial charge in [-0.05, 0) is 30.2 Å². The average molecular weight is 261 g/mol. The summed E-state index contributed by atoms with van der Waals surface area (Å²) in [6.07, 6.45) is 8.17. The van der Waals surface area contributed by atoms with E-state index in [9.17, 15) is 14.9 Å². The first-order chi connectivity index (χ1) is 9.13. The Morgan fingerprint density at radius 2 is 1.89 bits per heavy atom. The molecule has 0 fully saturated rings. The fraction of sp³-hybridized carbons (Fsp3) is 0.400. The fourth-order valence-electron chi connectivity index (χ4n) is 1.71. The minimum absolute atomic E-state index is 0.0584. The number of ketones is 1. The molecule has 0 unspecified atom stereocenters. The summed E-state index contributed by atoms with van der Waals surface area (Å²) in [5, 5.41) is 10.5. The largest absolute Gasteiger partial charge is 0.295 e. The molecule has 0 spiro atoms. The smallest absolute Gasteiger partial charge is 0.269 e. The fourth-order valence-corrected chi connectivity index (χ4v) is 1.71. The lowest BCUT2D eigenvalue weighted by molar-refractivity contribution is -0.384. The zero-order valence-electron chi connectivity index (χ0n) is 11.2. The first-order valence-electron chi connectivity index (χ1n) is 6.59. The lowest BCUT2D eigenvalue weighted by Crippen LogP contribution is -1.92. The van der Waals surface area contributed by atoms with Gasteiger partial charge in [0.05, 0.1) is 4.92 Å². The third-order valence-electron chi connectivity index (χ3n) is 2.84. The van der Waals surface area contributed by atoms with E-state index in [1.54, 1.807) is 24.3 Å². The second-order valence-corrected chi connectivity index (χ2v) is 4.46. The number of hydrogen-bond acceptors (Lipinski definition) is 3.